The number of piperazine rings is 1. The molecule has 2 N–H and O–H groups in total. The van der Waals surface area contributed by atoms with E-state index in [-0.39, 0.29) is 5.91 Å². The van der Waals surface area contributed by atoms with Gasteiger partial charge in [-0.15, -0.1) is 0 Å². The second-order valence-electron chi connectivity index (χ2n) is 5.13. The van der Waals surface area contributed by atoms with Crippen molar-refractivity contribution in [3.8, 4) is 0 Å². The lowest BCUT2D eigenvalue weighted by molar-refractivity contribution is -0.132. The molecule has 1 fully saturated rings. The summed E-state index contributed by atoms with van der Waals surface area (Å²) < 4.78 is 0. The molecule has 2 heterocycles. The molecule has 1 aromatic carbocycles. The molecule has 0 aliphatic carbocycles. The third-order valence-corrected chi connectivity index (χ3v) is 3.67. The van der Waals surface area contributed by atoms with Gasteiger partial charge in [-0.2, -0.15) is 0 Å². The summed E-state index contributed by atoms with van der Waals surface area (Å²) in [5.74, 6) is 0.995. The lowest BCUT2D eigenvalue weighted by Crippen LogP contribution is -2.47. The van der Waals surface area contributed by atoms with Crippen molar-refractivity contribution in [2.75, 3.05) is 19.6 Å². The molecule has 2 aromatic rings. The van der Waals surface area contributed by atoms with Crippen LogP contribution in [0.15, 0.2) is 12.1 Å². The highest BCUT2D eigenvalue weighted by Crippen LogP contribution is 2.18. The molecule has 1 aromatic heterocycles. The van der Waals surface area contributed by atoms with Crippen LogP contribution in [0.3, 0.4) is 0 Å². The van der Waals surface area contributed by atoms with Crippen LogP contribution in [0.1, 0.15) is 17.0 Å². The Morgan fingerprint density at radius 2 is 2.11 bits per heavy atom. The SMILES string of the molecule is Cc1cc2nc(CN3CCNCC3=O)[nH]c2cc1C. The van der Waals surface area contributed by atoms with Crippen molar-refractivity contribution in [2.24, 2.45) is 0 Å². The molecule has 3 rings (SSSR count). The molecule has 0 bridgehead atoms. The standard InChI is InChI=1S/C14H18N4O/c1-9-5-11-12(6-10(9)2)17-13(16-11)8-18-4-3-15-7-14(18)19/h5-6,15H,3-4,7-8H2,1-2H3,(H,16,17). The van der Waals surface area contributed by atoms with Gasteiger partial charge in [0, 0.05) is 13.1 Å². The highest BCUT2D eigenvalue weighted by molar-refractivity contribution is 5.79. The van der Waals surface area contributed by atoms with Crippen LogP contribution in [0.2, 0.25) is 0 Å². The van der Waals surface area contributed by atoms with Gasteiger partial charge < -0.3 is 15.2 Å². The molecule has 0 unspecified atom stereocenters. The van der Waals surface area contributed by atoms with E-state index in [1.54, 1.807) is 0 Å². The van der Waals surface area contributed by atoms with Gasteiger partial charge in [0.2, 0.25) is 5.91 Å². The van der Waals surface area contributed by atoms with Gasteiger partial charge >= 0.3 is 0 Å². The van der Waals surface area contributed by atoms with Crippen molar-refractivity contribution in [2.45, 2.75) is 20.4 Å². The Hall–Kier alpha value is -1.88. The van der Waals surface area contributed by atoms with Crippen LogP contribution in [0.25, 0.3) is 11.0 Å². The Kier molecular flexibility index (Phi) is 2.98. The highest BCUT2D eigenvalue weighted by atomic mass is 16.2. The second-order valence-corrected chi connectivity index (χ2v) is 5.13. The zero-order valence-electron chi connectivity index (χ0n) is 11.3. The number of amides is 1. The van der Waals surface area contributed by atoms with Crippen LogP contribution in [-0.4, -0.2) is 40.4 Å². The Balaban J connectivity index is 1.87. The number of rotatable bonds is 2. The number of nitrogens with one attached hydrogen (secondary N) is 2. The summed E-state index contributed by atoms with van der Waals surface area (Å²) in [6.45, 7) is 6.77. The molecule has 0 spiro atoms. The fraction of sp³-hybridized carbons (Fsp3) is 0.429. The predicted molar refractivity (Wildman–Crippen MR) is 73.9 cm³/mol. The number of aryl methyl sites for hydroxylation is 2. The molecular weight excluding hydrogens is 240 g/mol. The fourth-order valence-electron chi connectivity index (χ4n) is 2.39. The number of imidazole rings is 1. The van der Waals surface area contributed by atoms with E-state index < -0.39 is 0 Å². The molecule has 5 heteroatoms. The minimum absolute atomic E-state index is 0.138. The van der Waals surface area contributed by atoms with Crippen LogP contribution in [0.5, 0.6) is 0 Å². The van der Waals surface area contributed by atoms with Crippen molar-refractivity contribution in [1.82, 2.24) is 20.2 Å². The van der Waals surface area contributed by atoms with Crippen molar-refractivity contribution >= 4 is 16.9 Å². The second kappa shape index (κ2) is 4.66. The Labute approximate surface area is 112 Å². The maximum atomic E-state index is 11.7. The van der Waals surface area contributed by atoms with Crippen molar-refractivity contribution in [3.63, 3.8) is 0 Å². The largest absolute Gasteiger partial charge is 0.340 e. The van der Waals surface area contributed by atoms with E-state index in [2.05, 4.69) is 41.3 Å². The Morgan fingerprint density at radius 3 is 2.89 bits per heavy atom. The Morgan fingerprint density at radius 1 is 1.32 bits per heavy atom. The zero-order valence-corrected chi connectivity index (χ0v) is 11.3. The molecule has 1 aliphatic heterocycles. The summed E-state index contributed by atoms with van der Waals surface area (Å²) in [7, 11) is 0. The van der Waals surface area contributed by atoms with E-state index in [4.69, 9.17) is 0 Å². The molecule has 0 radical (unpaired) electrons. The number of fused-ring (bicyclic) bond motifs is 1. The lowest BCUT2D eigenvalue weighted by Gasteiger charge is -2.26. The van der Waals surface area contributed by atoms with Crippen LogP contribution >= 0.6 is 0 Å². The normalized spacial score (nSPS) is 16.3. The van der Waals surface area contributed by atoms with Gasteiger partial charge in [0.1, 0.15) is 5.82 Å². The van der Waals surface area contributed by atoms with E-state index in [1.807, 2.05) is 4.90 Å². The monoisotopic (exact) mass is 258 g/mol. The van der Waals surface area contributed by atoms with Gasteiger partial charge in [0.25, 0.3) is 0 Å². The molecule has 1 aliphatic rings. The first-order valence-corrected chi connectivity index (χ1v) is 6.58. The number of hydrogen-bond donors (Lipinski definition) is 2. The van der Waals surface area contributed by atoms with Gasteiger partial charge in [0.05, 0.1) is 24.1 Å². The summed E-state index contributed by atoms with van der Waals surface area (Å²) >= 11 is 0. The zero-order chi connectivity index (χ0) is 13.4. The van der Waals surface area contributed by atoms with Gasteiger partial charge in [-0.3, -0.25) is 4.79 Å². The number of carbonyl (C=O) groups is 1. The van der Waals surface area contributed by atoms with Gasteiger partial charge in [-0.05, 0) is 37.1 Å². The first kappa shape index (κ1) is 12.2. The maximum absolute atomic E-state index is 11.7. The minimum atomic E-state index is 0.138. The summed E-state index contributed by atoms with van der Waals surface area (Å²) in [4.78, 5) is 21.5. The molecule has 0 atom stereocenters. The first-order valence-electron chi connectivity index (χ1n) is 6.58. The summed E-state index contributed by atoms with van der Waals surface area (Å²) in [6, 6.07) is 4.20. The fourth-order valence-corrected chi connectivity index (χ4v) is 2.39. The topological polar surface area (TPSA) is 61.0 Å². The Bertz CT molecular complexity index is 593. The number of aromatic amines is 1. The number of benzene rings is 1. The number of H-pyrrole nitrogens is 1. The highest BCUT2D eigenvalue weighted by Gasteiger charge is 2.19. The molecule has 19 heavy (non-hydrogen) atoms. The van der Waals surface area contributed by atoms with Gasteiger partial charge in [0.15, 0.2) is 0 Å². The van der Waals surface area contributed by atoms with Crippen LogP contribution in [0, 0.1) is 13.8 Å². The summed E-state index contributed by atoms with van der Waals surface area (Å²) in [5, 5.41) is 3.07. The van der Waals surface area contributed by atoms with Crippen LogP contribution < -0.4 is 5.32 Å². The number of hydrogen-bond acceptors (Lipinski definition) is 3. The molecule has 5 nitrogen and oxygen atoms in total. The van der Waals surface area contributed by atoms with Crippen molar-refractivity contribution in [1.29, 1.82) is 0 Å². The predicted octanol–water partition coefficient (Wildman–Crippen LogP) is 1.11. The molecule has 1 saturated heterocycles. The van der Waals surface area contributed by atoms with Crippen molar-refractivity contribution in [3.05, 3.63) is 29.1 Å². The number of carbonyl (C=O) groups excluding carboxylic acids is 1. The van der Waals surface area contributed by atoms with E-state index >= 15 is 0 Å². The molecular formula is C14H18N4O. The lowest BCUT2D eigenvalue weighted by atomic mass is 10.1. The van der Waals surface area contributed by atoms with E-state index in [9.17, 15) is 4.79 Å². The minimum Gasteiger partial charge on any atom is -0.340 e. The van der Waals surface area contributed by atoms with Gasteiger partial charge in [-0.1, -0.05) is 0 Å². The smallest absolute Gasteiger partial charge is 0.236 e. The van der Waals surface area contributed by atoms with Crippen molar-refractivity contribution < 1.29 is 4.79 Å². The van der Waals surface area contributed by atoms with E-state index in [1.165, 1.54) is 11.1 Å². The van der Waals surface area contributed by atoms with E-state index in [0.717, 1.165) is 29.9 Å². The number of aromatic nitrogens is 2. The first-order chi connectivity index (χ1) is 9.13. The summed E-state index contributed by atoms with van der Waals surface area (Å²) in [5.41, 5.74) is 4.51. The van der Waals surface area contributed by atoms with Crippen LogP contribution in [-0.2, 0) is 11.3 Å². The third-order valence-electron chi connectivity index (χ3n) is 3.67. The third kappa shape index (κ3) is 2.33. The average Bonchev–Trinajstić information content (AvgIpc) is 2.74. The molecule has 0 saturated carbocycles. The maximum Gasteiger partial charge on any atom is 0.236 e. The van der Waals surface area contributed by atoms with Gasteiger partial charge in [-0.25, -0.2) is 4.98 Å². The quantitative estimate of drug-likeness (QED) is 0.848. The summed E-state index contributed by atoms with van der Waals surface area (Å²) in [6.07, 6.45) is 0. The van der Waals surface area contributed by atoms with E-state index in [0.29, 0.717) is 13.1 Å². The van der Waals surface area contributed by atoms with Crippen LogP contribution in [0.4, 0.5) is 0 Å². The molecule has 100 valence electrons. The molecule has 1 amide bonds. The number of nitrogens with zero attached hydrogens (tertiary/aromatic N) is 2. The average molecular weight is 258 g/mol.